The summed E-state index contributed by atoms with van der Waals surface area (Å²) >= 11 is 0. The minimum absolute atomic E-state index is 0.111. The average Bonchev–Trinajstić information content (AvgIpc) is 2.38. The molecule has 19 heavy (non-hydrogen) atoms. The van der Waals surface area contributed by atoms with Crippen molar-refractivity contribution in [3.63, 3.8) is 0 Å². The molecule has 1 aromatic heterocycles. The van der Waals surface area contributed by atoms with Crippen LogP contribution in [-0.4, -0.2) is 41.9 Å². The first kappa shape index (κ1) is 13.7. The van der Waals surface area contributed by atoms with Gasteiger partial charge in [-0.1, -0.05) is 0 Å². The Morgan fingerprint density at radius 1 is 1.63 bits per heavy atom. The zero-order chi connectivity index (χ0) is 14.0. The first-order valence-electron chi connectivity index (χ1n) is 6.14. The number of anilines is 1. The molecule has 2 rings (SSSR count). The average molecular weight is 268 g/mol. The normalized spacial score (nSPS) is 23.4. The molecule has 0 aromatic carbocycles. The summed E-state index contributed by atoms with van der Waals surface area (Å²) in [6.07, 6.45) is 2.83. The van der Waals surface area contributed by atoms with Crippen LogP contribution >= 0.6 is 0 Å². The van der Waals surface area contributed by atoms with Crippen molar-refractivity contribution in [3.8, 4) is 0 Å². The molecule has 0 amide bonds. The second kappa shape index (κ2) is 5.13. The van der Waals surface area contributed by atoms with Gasteiger partial charge in [0.25, 0.3) is 0 Å². The number of carboxylic acids is 1. The van der Waals surface area contributed by atoms with Gasteiger partial charge in [0, 0.05) is 20.2 Å². The summed E-state index contributed by atoms with van der Waals surface area (Å²) in [5.74, 6) is -1.52. The van der Waals surface area contributed by atoms with Crippen molar-refractivity contribution in [2.45, 2.75) is 25.4 Å². The molecule has 1 aliphatic heterocycles. The number of nitrogens with zero attached hydrogens (tertiary/aromatic N) is 2. The van der Waals surface area contributed by atoms with Gasteiger partial charge in [0.1, 0.15) is 17.2 Å². The van der Waals surface area contributed by atoms with Gasteiger partial charge >= 0.3 is 5.97 Å². The second-order valence-electron chi connectivity index (χ2n) is 5.01. The quantitative estimate of drug-likeness (QED) is 0.907. The number of methoxy groups -OCH3 is 1. The predicted octanol–water partition coefficient (Wildman–Crippen LogP) is 1.92. The van der Waals surface area contributed by atoms with Crippen molar-refractivity contribution < 1.29 is 19.0 Å². The second-order valence-corrected chi connectivity index (χ2v) is 5.01. The largest absolute Gasteiger partial charge is 0.478 e. The highest BCUT2D eigenvalue weighted by Gasteiger charge is 2.33. The third-order valence-electron chi connectivity index (χ3n) is 3.52. The number of hydrogen-bond acceptors (Lipinski definition) is 4. The summed E-state index contributed by atoms with van der Waals surface area (Å²) in [7, 11) is 1.64. The van der Waals surface area contributed by atoms with Gasteiger partial charge in [0.15, 0.2) is 0 Å². The van der Waals surface area contributed by atoms with E-state index in [0.717, 1.165) is 25.1 Å². The Balaban J connectivity index is 2.33. The smallest absolute Gasteiger partial charge is 0.339 e. The van der Waals surface area contributed by atoms with E-state index in [2.05, 4.69) is 4.98 Å². The van der Waals surface area contributed by atoms with Gasteiger partial charge in [0.2, 0.25) is 0 Å². The molecule has 1 saturated heterocycles. The monoisotopic (exact) mass is 268 g/mol. The highest BCUT2D eigenvalue weighted by Crippen LogP contribution is 2.29. The number of carboxylic acid groups (broad SMARTS) is 1. The Morgan fingerprint density at radius 3 is 3.00 bits per heavy atom. The van der Waals surface area contributed by atoms with Crippen molar-refractivity contribution in [1.29, 1.82) is 0 Å². The number of halogens is 1. The third-order valence-corrected chi connectivity index (χ3v) is 3.52. The number of hydrogen-bond donors (Lipinski definition) is 1. The number of piperidine rings is 1. The van der Waals surface area contributed by atoms with Crippen molar-refractivity contribution in [1.82, 2.24) is 4.98 Å². The standard InChI is InChI=1S/C13H17FN2O3/c1-13(19-2)4-3-5-16(8-13)11-10(12(17)18)6-9(14)7-15-11/h6-7H,3-5,8H2,1-2H3,(H,17,18). The molecule has 1 aromatic rings. The van der Waals surface area contributed by atoms with Gasteiger partial charge in [-0.3, -0.25) is 0 Å². The van der Waals surface area contributed by atoms with Crippen LogP contribution in [0.1, 0.15) is 30.1 Å². The van der Waals surface area contributed by atoms with E-state index >= 15 is 0 Å². The maximum absolute atomic E-state index is 13.1. The summed E-state index contributed by atoms with van der Waals surface area (Å²) in [5.41, 5.74) is -0.440. The lowest BCUT2D eigenvalue weighted by atomic mass is 9.94. The Hall–Kier alpha value is -1.69. The Labute approximate surface area is 111 Å². The van der Waals surface area contributed by atoms with Crippen molar-refractivity contribution in [3.05, 3.63) is 23.6 Å². The fourth-order valence-corrected chi connectivity index (χ4v) is 2.39. The molecule has 1 unspecified atom stereocenters. The van der Waals surface area contributed by atoms with E-state index in [1.165, 1.54) is 0 Å². The van der Waals surface area contributed by atoms with E-state index in [4.69, 9.17) is 9.84 Å². The molecule has 1 atom stereocenters. The van der Waals surface area contributed by atoms with E-state index in [9.17, 15) is 9.18 Å². The van der Waals surface area contributed by atoms with Gasteiger partial charge in [-0.15, -0.1) is 0 Å². The molecule has 1 aliphatic rings. The highest BCUT2D eigenvalue weighted by molar-refractivity contribution is 5.93. The first-order valence-corrected chi connectivity index (χ1v) is 6.14. The van der Waals surface area contributed by atoms with Crippen molar-refractivity contribution in [2.24, 2.45) is 0 Å². The maximum atomic E-state index is 13.1. The summed E-state index contributed by atoms with van der Waals surface area (Å²) in [5, 5.41) is 9.14. The Kier molecular flexibility index (Phi) is 3.71. The highest BCUT2D eigenvalue weighted by atomic mass is 19.1. The molecule has 5 nitrogen and oxygen atoms in total. The zero-order valence-electron chi connectivity index (χ0n) is 11.0. The van der Waals surface area contributed by atoms with Crippen LogP contribution in [0.15, 0.2) is 12.3 Å². The Morgan fingerprint density at radius 2 is 2.37 bits per heavy atom. The maximum Gasteiger partial charge on any atom is 0.339 e. The summed E-state index contributed by atoms with van der Waals surface area (Å²) in [6, 6.07) is 1.00. The molecule has 6 heteroatoms. The van der Waals surface area contributed by atoms with Crippen molar-refractivity contribution >= 4 is 11.8 Å². The molecule has 0 radical (unpaired) electrons. The van der Waals surface area contributed by atoms with E-state index in [1.807, 2.05) is 11.8 Å². The fourth-order valence-electron chi connectivity index (χ4n) is 2.39. The SMILES string of the molecule is COC1(C)CCCN(c2ncc(F)cc2C(=O)O)C1. The van der Waals surface area contributed by atoms with Gasteiger partial charge in [-0.2, -0.15) is 0 Å². The van der Waals surface area contributed by atoms with E-state index in [0.29, 0.717) is 18.9 Å². The lowest BCUT2D eigenvalue weighted by molar-refractivity contribution is -0.00489. The molecular weight excluding hydrogens is 251 g/mol. The molecule has 104 valence electrons. The van der Waals surface area contributed by atoms with E-state index in [1.54, 1.807) is 7.11 Å². The van der Waals surface area contributed by atoms with Crippen LogP contribution in [0.25, 0.3) is 0 Å². The van der Waals surface area contributed by atoms with E-state index < -0.39 is 11.8 Å². The molecule has 2 heterocycles. The van der Waals surface area contributed by atoms with Gasteiger partial charge in [-0.05, 0) is 25.8 Å². The summed E-state index contributed by atoms with van der Waals surface area (Å²) < 4.78 is 18.6. The summed E-state index contributed by atoms with van der Waals surface area (Å²) in [4.78, 5) is 17.0. The van der Waals surface area contributed by atoms with Gasteiger partial charge < -0.3 is 14.7 Å². The van der Waals surface area contributed by atoms with Crippen LogP contribution in [0, 0.1) is 5.82 Å². The number of aromatic carboxylic acids is 1. The Bertz CT molecular complexity index is 495. The first-order chi connectivity index (χ1) is 8.95. The minimum atomic E-state index is -1.17. The minimum Gasteiger partial charge on any atom is -0.478 e. The third kappa shape index (κ3) is 2.84. The van der Waals surface area contributed by atoms with Crippen LogP contribution in [-0.2, 0) is 4.74 Å². The molecule has 1 fully saturated rings. The summed E-state index contributed by atoms with van der Waals surface area (Å²) in [6.45, 7) is 3.21. The van der Waals surface area contributed by atoms with Gasteiger partial charge in [0.05, 0.1) is 11.8 Å². The van der Waals surface area contributed by atoms with Gasteiger partial charge in [-0.25, -0.2) is 14.2 Å². The molecule has 0 saturated carbocycles. The molecular formula is C13H17FN2O3. The lowest BCUT2D eigenvalue weighted by Gasteiger charge is -2.40. The lowest BCUT2D eigenvalue weighted by Crippen LogP contribution is -2.48. The molecule has 0 spiro atoms. The number of pyridine rings is 1. The van der Waals surface area contributed by atoms with Crippen LogP contribution in [0.2, 0.25) is 0 Å². The number of rotatable bonds is 3. The number of ether oxygens (including phenoxy) is 1. The van der Waals surface area contributed by atoms with E-state index in [-0.39, 0.29) is 11.2 Å². The molecule has 0 bridgehead atoms. The predicted molar refractivity (Wildman–Crippen MR) is 68.0 cm³/mol. The zero-order valence-corrected chi connectivity index (χ0v) is 11.0. The van der Waals surface area contributed by atoms with Crippen LogP contribution in [0.3, 0.4) is 0 Å². The number of carbonyl (C=O) groups is 1. The molecule has 1 N–H and O–H groups in total. The number of aromatic nitrogens is 1. The topological polar surface area (TPSA) is 62.7 Å². The van der Waals surface area contributed by atoms with Crippen molar-refractivity contribution in [2.75, 3.05) is 25.1 Å². The fraction of sp³-hybridized carbons (Fsp3) is 0.538. The van der Waals surface area contributed by atoms with Crippen LogP contribution < -0.4 is 4.90 Å². The van der Waals surface area contributed by atoms with Crippen LogP contribution in [0.4, 0.5) is 10.2 Å². The molecule has 0 aliphatic carbocycles. The van der Waals surface area contributed by atoms with Crippen LogP contribution in [0.5, 0.6) is 0 Å².